The molecule has 24 atom stereocenters. The molecule has 4 aromatic carbocycles. The molecular formula is C103H146ClN11O31. The highest BCUT2D eigenvalue weighted by atomic mass is 35.5. The molecule has 15 rings (SSSR count). The second kappa shape index (κ2) is 57.0. The zero-order chi connectivity index (χ0) is 107. The van der Waals surface area contributed by atoms with E-state index in [-0.39, 0.29) is 87.1 Å². The maximum atomic E-state index is 12.6. The fourth-order valence-corrected chi connectivity index (χ4v) is 16.4. The Hall–Kier alpha value is -10.9. The number of carbonyl (C=O) groups is 1. The number of aliphatic hydroxyl groups is 6. The second-order valence-corrected chi connectivity index (χ2v) is 36.6. The Kier molecular flexibility index (Phi) is 47.0. The highest BCUT2D eigenvalue weighted by Crippen LogP contribution is 2.45. The Morgan fingerprint density at radius 3 is 1.12 bits per heavy atom. The van der Waals surface area contributed by atoms with Crippen LogP contribution in [0, 0.1) is 33.6 Å². The number of benzene rings is 4. The molecule has 0 spiro atoms. The van der Waals surface area contributed by atoms with Crippen molar-refractivity contribution >= 4 is 23.3 Å². The van der Waals surface area contributed by atoms with Gasteiger partial charge < -0.3 is 112 Å². The number of ether oxygens (including phenoxy) is 16. The summed E-state index contributed by atoms with van der Waals surface area (Å²) >= 11 is 7.22. The van der Waals surface area contributed by atoms with E-state index in [9.17, 15) is 73.8 Å². The minimum Gasteiger partial charge on any atom is -0.497 e. The number of nitrogens with one attached hydrogen (secondary N) is 4. The normalized spacial score (nSPS) is 24.9. The molecule has 6 aliphatic rings. The van der Waals surface area contributed by atoms with E-state index in [1.807, 2.05) is 140 Å². The van der Waals surface area contributed by atoms with Gasteiger partial charge in [0.1, 0.15) is 83.2 Å². The number of rotatable bonds is 33. The van der Waals surface area contributed by atoms with Crippen LogP contribution in [0.15, 0.2) is 185 Å². The number of anilines is 1. The first kappa shape index (κ1) is 120. The summed E-state index contributed by atoms with van der Waals surface area (Å²) in [5.74, 6) is 1.67. The van der Waals surface area contributed by atoms with Crippen LogP contribution in [0.4, 0.5) is 5.82 Å². The third-order valence-electron chi connectivity index (χ3n) is 25.1. The van der Waals surface area contributed by atoms with Crippen LogP contribution in [0.3, 0.4) is 0 Å². The Balaban J connectivity index is 0.000000212. The summed E-state index contributed by atoms with van der Waals surface area (Å²) < 4.78 is 94.6. The molecule has 0 aliphatic carbocycles. The third kappa shape index (κ3) is 30.5. The van der Waals surface area contributed by atoms with Crippen molar-refractivity contribution in [2.24, 2.45) is 5.92 Å². The first-order chi connectivity index (χ1) is 69.2. The number of aryl methyl sites for hydroxylation is 4. The Bertz CT molecular complexity index is 5730. The van der Waals surface area contributed by atoms with Crippen molar-refractivity contribution in [2.45, 2.75) is 295 Å². The van der Waals surface area contributed by atoms with E-state index < -0.39 is 161 Å². The number of amides is 1. The van der Waals surface area contributed by atoms with Crippen molar-refractivity contribution in [3.8, 4) is 17.5 Å². The van der Waals surface area contributed by atoms with Crippen LogP contribution >= 0.6 is 11.6 Å². The molecule has 6 aliphatic heterocycles. The van der Waals surface area contributed by atoms with E-state index in [2.05, 4.69) is 44.1 Å². The number of alkyl halides is 1. The predicted molar refractivity (Wildman–Crippen MR) is 541 cm³/mol. The van der Waals surface area contributed by atoms with Crippen LogP contribution in [-0.2, 0) is 66.5 Å². The number of hydrogen-bond donors (Lipinski definition) is 10. The zero-order valence-electron chi connectivity index (χ0n) is 85.8. The lowest BCUT2D eigenvalue weighted by molar-refractivity contribution is -0.0943. The molecule has 9 unspecified atom stereocenters. The van der Waals surface area contributed by atoms with Crippen LogP contribution in [-0.4, -0.2) is 276 Å². The van der Waals surface area contributed by atoms with Crippen molar-refractivity contribution in [3.63, 3.8) is 0 Å². The minimum absolute atomic E-state index is 0. The molecule has 5 fully saturated rings. The highest BCUT2D eigenvalue weighted by molar-refractivity contribution is 6.28. The molecule has 1 amide bonds. The Morgan fingerprint density at radius 2 is 0.774 bits per heavy atom. The molecule has 5 saturated heterocycles. The van der Waals surface area contributed by atoms with Gasteiger partial charge in [0.15, 0.2) is 37.2 Å². The van der Waals surface area contributed by atoms with Gasteiger partial charge in [0, 0.05) is 93.8 Å². The van der Waals surface area contributed by atoms with Crippen LogP contribution in [0.1, 0.15) is 196 Å². The fraction of sp³-hybridized carbons (Fsp3) is 0.563. The summed E-state index contributed by atoms with van der Waals surface area (Å²) in [6, 6.07) is 36.2. The molecule has 146 heavy (non-hydrogen) atoms. The number of aliphatic hydroxyl groups excluding tert-OH is 6. The Morgan fingerprint density at radius 1 is 0.432 bits per heavy atom. The maximum Gasteiger partial charge on any atom is 0.351 e. The van der Waals surface area contributed by atoms with Gasteiger partial charge >= 0.3 is 28.8 Å². The first-order valence-corrected chi connectivity index (χ1v) is 48.6. The molecule has 806 valence electrons. The van der Waals surface area contributed by atoms with Gasteiger partial charge in [-0.3, -0.25) is 61.8 Å². The van der Waals surface area contributed by atoms with E-state index >= 15 is 0 Å². The van der Waals surface area contributed by atoms with Crippen LogP contribution < -0.4 is 64.5 Å². The van der Waals surface area contributed by atoms with Gasteiger partial charge in [-0.15, -0.1) is 11.6 Å². The van der Waals surface area contributed by atoms with Crippen molar-refractivity contribution in [1.82, 2.24) is 47.8 Å². The van der Waals surface area contributed by atoms with Crippen LogP contribution in [0.25, 0.3) is 0 Å². The molecule has 0 saturated carbocycles. The summed E-state index contributed by atoms with van der Waals surface area (Å²) in [4.78, 5) is 121. The van der Waals surface area contributed by atoms with E-state index in [1.165, 1.54) is 51.7 Å². The van der Waals surface area contributed by atoms with Crippen LogP contribution in [0.2, 0.25) is 0 Å². The van der Waals surface area contributed by atoms with Gasteiger partial charge in [-0.25, -0.2) is 19.2 Å². The van der Waals surface area contributed by atoms with E-state index in [4.69, 9.17) is 87.4 Å². The quantitative estimate of drug-likeness (QED) is 0.0138. The van der Waals surface area contributed by atoms with Crippen LogP contribution in [0.5, 0.6) is 17.5 Å². The number of hydrogen-bond acceptors (Lipinski definition) is 33. The zero-order valence-corrected chi connectivity index (χ0v) is 86.5. The average Bonchev–Trinajstić information content (AvgIpc) is 1.35. The van der Waals surface area contributed by atoms with E-state index in [1.54, 1.807) is 105 Å². The molecular weight excluding hydrogens is 1920 g/mol. The molecule has 42 nitrogen and oxygen atoms in total. The lowest BCUT2D eigenvalue weighted by atomic mass is 9.84. The predicted octanol–water partition coefficient (Wildman–Crippen LogP) is 7.87. The van der Waals surface area contributed by atoms with Crippen molar-refractivity contribution in [2.75, 3.05) is 81.0 Å². The minimum atomic E-state index is -1.12. The SMILES string of the molecule is C.CCC(C)OC.CC[C@H]1O[C@@H](n2cc(C)c(=O)[nH]c2=O)[C@@H](OCC(C)OC)C1O.CC[C@H]1O[C@@H](n2cc(C)c(=O)[nH]c2=O)[C@@H](OCC(C)OC)C1O.CC[C@H]1O[C@@H](n2ccc(NC(=O)c3ccccc3)nc2=O)[C@@H](OCC(C)C)C1O.CC[C@H]1O[C@@H]2[C@H](Oc3nc(=O)c(C)cn32)C1O.COC(C)CO[C@H]1C(O)[C@@H](CO)O[C@H]1n1cc(C)c(=O)[nH]c1=O.COc1ccc(C(Cl)(c2ccccc2)c2ccc(OC)cc2)cc1. The maximum absolute atomic E-state index is 12.6. The number of H-pyrrole nitrogens is 3. The van der Waals surface area contributed by atoms with E-state index in [0.717, 1.165) is 45.6 Å². The first-order valence-electron chi connectivity index (χ1n) is 48.2. The number of aromatic nitrogens is 10. The molecule has 9 aromatic rings. The standard InChI is InChI=1S/C21H19ClO2.C21H27N3O5.2C15H24N2O6.C14H22N2O7.C11H14N2O4.C5H12O.CH4/c1-23-19-12-8-17(9-13-19)21(22,16-6-4-3-5-7-16)18-10-14-20(24-2)15-11-18;1-4-15-17(25)18(28-12-13(2)3)20(29-15)24-11-10-16(23-21(24)27)22-19(26)14-8-6-5-7-9-14;2*1-5-10-11(18)12(22-7-9(3)21-4)14(23-10)17-6-8(2)13(19)16-15(17)20;1-7-4-16(14(20)15-12(7)19)13-11(22-6-8(2)21-3)10(18)9(5-17)23-13;1-3-6-7(14)8-10(16-6)13-4-5(2)9(15)12-11(13)17-8;1-4-5(2)6-3;/h3-15H,1-2H3;5-11,13,15,17-18,20,25H,4,12H2,1-3H3,(H,22,23,26,27);2*6,9-12,14,18H,5,7H2,1-4H3,(H,16,19,20);4,8-11,13,17-18H,5-6H2,1-3H3,(H,15,19,20);4,6-8,10,14H,3H2,1-2H3;5H,4H2,1-3H3;1H4/t;15-,17?,18+,20-;2*9?,10-,11?,12+,14-;8?,9-,10?,11+,13-;6-,7?,8-,10-;;/m.11111../s1. The topological polar surface area (TPSA) is 533 Å². The van der Waals surface area contributed by atoms with Gasteiger partial charge in [-0.05, 0) is 153 Å². The molecule has 11 heterocycles. The summed E-state index contributed by atoms with van der Waals surface area (Å²) in [5, 5.41) is 63.5. The molecule has 43 heteroatoms. The number of methoxy groups -OCH3 is 6. The van der Waals surface area contributed by atoms with Gasteiger partial charge in [0.25, 0.3) is 28.1 Å². The summed E-state index contributed by atoms with van der Waals surface area (Å²) in [6.07, 6.45) is -3.16. The lowest BCUT2D eigenvalue weighted by Crippen LogP contribution is -2.41. The fourth-order valence-electron chi connectivity index (χ4n) is 16.0. The number of nitrogens with zero attached hydrogens (tertiary/aromatic N) is 7. The average molecular weight is 2070 g/mol. The van der Waals surface area contributed by atoms with Gasteiger partial charge in [0.05, 0.1) is 89.5 Å². The number of fused-ring (bicyclic) bond motifs is 3. The smallest absolute Gasteiger partial charge is 0.351 e. The van der Waals surface area contributed by atoms with E-state index in [0.29, 0.717) is 59.8 Å². The van der Waals surface area contributed by atoms with Gasteiger partial charge in [-0.1, -0.05) is 129 Å². The van der Waals surface area contributed by atoms with Gasteiger partial charge in [0.2, 0.25) is 0 Å². The monoisotopic (exact) mass is 2070 g/mol. The third-order valence-corrected chi connectivity index (χ3v) is 25.8. The molecule has 0 radical (unpaired) electrons. The van der Waals surface area contributed by atoms with Crippen molar-refractivity contribution in [1.29, 1.82) is 0 Å². The lowest BCUT2D eigenvalue weighted by Gasteiger charge is -2.29. The molecule has 5 aromatic heterocycles. The second-order valence-electron chi connectivity index (χ2n) is 36.0. The van der Waals surface area contributed by atoms with Crippen molar-refractivity contribution < 1.29 is 111 Å². The largest absolute Gasteiger partial charge is 0.497 e. The molecule has 10 N–H and O–H groups in total. The van der Waals surface area contributed by atoms with Crippen molar-refractivity contribution in [3.05, 3.63) is 274 Å². The highest BCUT2D eigenvalue weighted by Gasteiger charge is 2.53. The summed E-state index contributed by atoms with van der Waals surface area (Å²) in [7, 11) is 9.70. The van der Waals surface area contributed by atoms with Gasteiger partial charge in [-0.2, -0.15) is 9.97 Å². The summed E-state index contributed by atoms with van der Waals surface area (Å²) in [5.41, 5.74) is 0.932. The Labute approximate surface area is 852 Å². The summed E-state index contributed by atoms with van der Waals surface area (Å²) in [6.45, 7) is 28.4. The molecule has 0 bridgehead atoms. The number of carbonyl (C=O) groups excluding carboxylic acids is 1. The number of halogens is 1. The number of aromatic amines is 3.